The SMILES string of the molecule is COc1ccc(C(=O)N2CCCN(C(=O)Cc3ccccc3Cl)CC2)cc1OC. The van der Waals surface area contributed by atoms with E-state index in [1.54, 1.807) is 43.4 Å². The summed E-state index contributed by atoms with van der Waals surface area (Å²) >= 11 is 6.18. The third-order valence-electron chi connectivity index (χ3n) is 5.07. The molecule has 6 nitrogen and oxygen atoms in total. The van der Waals surface area contributed by atoms with E-state index in [0.29, 0.717) is 48.3 Å². The first-order chi connectivity index (χ1) is 14.0. The number of hydrogen-bond acceptors (Lipinski definition) is 4. The highest BCUT2D eigenvalue weighted by Gasteiger charge is 2.24. The summed E-state index contributed by atoms with van der Waals surface area (Å²) in [5.74, 6) is 1.05. The van der Waals surface area contributed by atoms with Gasteiger partial charge in [-0.15, -0.1) is 0 Å². The first-order valence-corrected chi connectivity index (χ1v) is 9.93. The lowest BCUT2D eigenvalue weighted by Crippen LogP contribution is -2.38. The standard InChI is InChI=1S/C22H25ClN2O4/c1-28-19-9-8-17(14-20(19)29-2)22(27)25-11-5-10-24(12-13-25)21(26)15-16-6-3-4-7-18(16)23/h3-4,6-9,14H,5,10-13,15H2,1-2H3. The molecule has 1 saturated heterocycles. The zero-order valence-electron chi connectivity index (χ0n) is 16.7. The van der Waals surface area contributed by atoms with Crippen molar-refractivity contribution in [3.63, 3.8) is 0 Å². The molecule has 0 aromatic heterocycles. The van der Waals surface area contributed by atoms with Gasteiger partial charge in [-0.1, -0.05) is 29.8 Å². The average Bonchev–Trinajstić information content (AvgIpc) is 3.00. The summed E-state index contributed by atoms with van der Waals surface area (Å²) in [6.45, 7) is 2.21. The average molecular weight is 417 g/mol. The van der Waals surface area contributed by atoms with Crippen molar-refractivity contribution >= 4 is 23.4 Å². The predicted molar refractivity (Wildman–Crippen MR) is 112 cm³/mol. The maximum Gasteiger partial charge on any atom is 0.254 e. The Hall–Kier alpha value is -2.73. The van der Waals surface area contributed by atoms with Gasteiger partial charge < -0.3 is 19.3 Å². The molecule has 154 valence electrons. The number of nitrogens with zero attached hydrogens (tertiary/aromatic N) is 2. The second-order valence-corrected chi connectivity index (χ2v) is 7.27. The van der Waals surface area contributed by atoms with Gasteiger partial charge in [-0.25, -0.2) is 0 Å². The summed E-state index contributed by atoms with van der Waals surface area (Å²) in [6, 6.07) is 12.5. The molecular formula is C22H25ClN2O4. The lowest BCUT2D eigenvalue weighted by molar-refractivity contribution is -0.130. The van der Waals surface area contributed by atoms with Crippen LogP contribution in [0.2, 0.25) is 5.02 Å². The molecule has 2 amide bonds. The Kier molecular flexibility index (Phi) is 6.99. The Labute approximate surface area is 176 Å². The summed E-state index contributed by atoms with van der Waals surface area (Å²) in [5.41, 5.74) is 1.36. The van der Waals surface area contributed by atoms with Gasteiger partial charge in [0.05, 0.1) is 20.6 Å². The molecule has 2 aromatic rings. The summed E-state index contributed by atoms with van der Waals surface area (Å²) in [6.07, 6.45) is 0.997. The number of halogens is 1. The van der Waals surface area contributed by atoms with E-state index in [-0.39, 0.29) is 18.2 Å². The number of carbonyl (C=O) groups excluding carboxylic acids is 2. The third kappa shape index (κ3) is 5.01. The molecule has 0 spiro atoms. The minimum atomic E-state index is -0.0774. The van der Waals surface area contributed by atoms with E-state index in [1.165, 1.54) is 0 Å². The lowest BCUT2D eigenvalue weighted by Gasteiger charge is -2.23. The van der Waals surface area contributed by atoms with Gasteiger partial charge in [-0.05, 0) is 36.2 Å². The number of amides is 2. The highest BCUT2D eigenvalue weighted by atomic mass is 35.5. The first kappa shape index (κ1) is 21.0. The molecule has 29 heavy (non-hydrogen) atoms. The fourth-order valence-electron chi connectivity index (χ4n) is 3.44. The fraction of sp³-hybridized carbons (Fsp3) is 0.364. The van der Waals surface area contributed by atoms with Crippen LogP contribution in [0.3, 0.4) is 0 Å². The molecule has 0 aliphatic carbocycles. The van der Waals surface area contributed by atoms with E-state index >= 15 is 0 Å². The van der Waals surface area contributed by atoms with E-state index in [1.807, 2.05) is 23.1 Å². The van der Waals surface area contributed by atoms with Crippen molar-refractivity contribution in [2.24, 2.45) is 0 Å². The molecule has 7 heteroatoms. The molecule has 1 heterocycles. The number of carbonyl (C=O) groups is 2. The molecule has 1 fully saturated rings. The second-order valence-electron chi connectivity index (χ2n) is 6.86. The van der Waals surface area contributed by atoms with E-state index in [4.69, 9.17) is 21.1 Å². The zero-order valence-corrected chi connectivity index (χ0v) is 17.4. The Morgan fingerprint density at radius 1 is 0.931 bits per heavy atom. The second kappa shape index (κ2) is 9.65. The monoisotopic (exact) mass is 416 g/mol. The minimum absolute atomic E-state index is 0.0264. The van der Waals surface area contributed by atoms with Crippen molar-refractivity contribution in [3.8, 4) is 11.5 Å². The first-order valence-electron chi connectivity index (χ1n) is 9.56. The van der Waals surface area contributed by atoms with Crippen LogP contribution in [0.4, 0.5) is 0 Å². The quantitative estimate of drug-likeness (QED) is 0.750. The molecule has 0 atom stereocenters. The maximum atomic E-state index is 12.9. The lowest BCUT2D eigenvalue weighted by atomic mass is 10.1. The summed E-state index contributed by atoms with van der Waals surface area (Å²) in [4.78, 5) is 29.2. The van der Waals surface area contributed by atoms with Crippen molar-refractivity contribution in [1.82, 2.24) is 9.80 Å². The van der Waals surface area contributed by atoms with Gasteiger partial charge in [-0.3, -0.25) is 9.59 Å². The van der Waals surface area contributed by atoms with Crippen LogP contribution < -0.4 is 9.47 Å². The van der Waals surface area contributed by atoms with E-state index in [2.05, 4.69) is 0 Å². The molecule has 1 aliphatic heterocycles. The van der Waals surface area contributed by atoms with Crippen LogP contribution in [-0.4, -0.2) is 62.0 Å². The number of rotatable bonds is 5. The van der Waals surface area contributed by atoms with E-state index in [0.717, 1.165) is 12.0 Å². The minimum Gasteiger partial charge on any atom is -0.493 e. The third-order valence-corrected chi connectivity index (χ3v) is 5.43. The van der Waals surface area contributed by atoms with Crippen LogP contribution in [0, 0.1) is 0 Å². The van der Waals surface area contributed by atoms with Gasteiger partial charge >= 0.3 is 0 Å². The smallest absolute Gasteiger partial charge is 0.254 e. The Morgan fingerprint density at radius 2 is 1.62 bits per heavy atom. The van der Waals surface area contributed by atoms with Crippen molar-refractivity contribution in [2.75, 3.05) is 40.4 Å². The molecule has 2 aromatic carbocycles. The van der Waals surface area contributed by atoms with Crippen LogP contribution in [0.15, 0.2) is 42.5 Å². The summed E-state index contributed by atoms with van der Waals surface area (Å²) in [7, 11) is 3.10. The van der Waals surface area contributed by atoms with Gasteiger partial charge in [-0.2, -0.15) is 0 Å². The molecule has 3 rings (SSSR count). The van der Waals surface area contributed by atoms with Gasteiger partial charge in [0.2, 0.25) is 5.91 Å². The van der Waals surface area contributed by atoms with Gasteiger partial charge in [0.15, 0.2) is 11.5 Å². The molecule has 0 saturated carbocycles. The van der Waals surface area contributed by atoms with Gasteiger partial charge in [0.1, 0.15) is 0 Å². The zero-order chi connectivity index (χ0) is 20.8. The Bertz CT molecular complexity index is 887. The topological polar surface area (TPSA) is 59.1 Å². The molecule has 0 N–H and O–H groups in total. The van der Waals surface area contributed by atoms with Crippen molar-refractivity contribution in [2.45, 2.75) is 12.8 Å². The molecule has 0 unspecified atom stereocenters. The van der Waals surface area contributed by atoms with Crippen molar-refractivity contribution in [1.29, 1.82) is 0 Å². The molecule has 0 bridgehead atoms. The van der Waals surface area contributed by atoms with Crippen LogP contribution in [0.5, 0.6) is 11.5 Å². The normalized spacial score (nSPS) is 14.3. The van der Waals surface area contributed by atoms with Crippen molar-refractivity contribution in [3.05, 3.63) is 58.6 Å². The fourth-order valence-corrected chi connectivity index (χ4v) is 3.64. The molecule has 0 radical (unpaired) electrons. The van der Waals surface area contributed by atoms with Crippen LogP contribution >= 0.6 is 11.6 Å². The number of ether oxygens (including phenoxy) is 2. The number of hydrogen-bond donors (Lipinski definition) is 0. The molecule has 1 aliphatic rings. The van der Waals surface area contributed by atoms with Crippen LogP contribution in [0.25, 0.3) is 0 Å². The summed E-state index contributed by atoms with van der Waals surface area (Å²) in [5, 5.41) is 0.598. The summed E-state index contributed by atoms with van der Waals surface area (Å²) < 4.78 is 10.5. The number of methoxy groups -OCH3 is 2. The highest BCUT2D eigenvalue weighted by Crippen LogP contribution is 2.28. The largest absolute Gasteiger partial charge is 0.493 e. The van der Waals surface area contributed by atoms with Gasteiger partial charge in [0, 0.05) is 36.8 Å². The molecular weight excluding hydrogens is 392 g/mol. The maximum absolute atomic E-state index is 12.9. The predicted octanol–water partition coefficient (Wildman–Crippen LogP) is 3.27. The Balaban J connectivity index is 1.64. The van der Waals surface area contributed by atoms with Crippen LogP contribution in [-0.2, 0) is 11.2 Å². The van der Waals surface area contributed by atoms with E-state index < -0.39 is 0 Å². The van der Waals surface area contributed by atoms with Crippen LogP contribution in [0.1, 0.15) is 22.3 Å². The van der Waals surface area contributed by atoms with Gasteiger partial charge in [0.25, 0.3) is 5.91 Å². The Morgan fingerprint density at radius 3 is 2.34 bits per heavy atom. The number of benzene rings is 2. The van der Waals surface area contributed by atoms with E-state index in [9.17, 15) is 9.59 Å². The van der Waals surface area contributed by atoms with Crippen molar-refractivity contribution < 1.29 is 19.1 Å². The highest BCUT2D eigenvalue weighted by molar-refractivity contribution is 6.31.